The number of hydrogen-bond donors (Lipinski definition) is 0. The second-order valence-corrected chi connectivity index (χ2v) is 4.06. The SMILES string of the molecule is N#Cc1nnn(-c2cccc([N+](=O)[O-])c2)c1-c1ccco1. The third-order valence-electron chi connectivity index (χ3n) is 2.82. The number of nitriles is 1. The minimum atomic E-state index is -0.502. The summed E-state index contributed by atoms with van der Waals surface area (Å²) >= 11 is 0. The summed E-state index contributed by atoms with van der Waals surface area (Å²) in [5.74, 6) is 0.406. The van der Waals surface area contributed by atoms with E-state index in [1.165, 1.54) is 29.1 Å². The zero-order valence-electron chi connectivity index (χ0n) is 10.5. The molecule has 0 bridgehead atoms. The molecular formula is C13H7N5O3. The van der Waals surface area contributed by atoms with Crippen LogP contribution in [-0.2, 0) is 0 Å². The number of furan rings is 1. The number of non-ortho nitro benzene ring substituents is 1. The van der Waals surface area contributed by atoms with Crippen LogP contribution in [0.3, 0.4) is 0 Å². The van der Waals surface area contributed by atoms with Crippen molar-refractivity contribution in [1.29, 1.82) is 5.26 Å². The lowest BCUT2D eigenvalue weighted by molar-refractivity contribution is -0.384. The minimum Gasteiger partial charge on any atom is -0.463 e. The molecule has 3 aromatic rings. The Morgan fingerprint density at radius 1 is 1.33 bits per heavy atom. The molecule has 3 rings (SSSR count). The van der Waals surface area contributed by atoms with Crippen molar-refractivity contribution in [1.82, 2.24) is 15.0 Å². The third-order valence-corrected chi connectivity index (χ3v) is 2.82. The van der Waals surface area contributed by atoms with Gasteiger partial charge in [0.25, 0.3) is 5.69 Å². The predicted molar refractivity (Wildman–Crippen MR) is 70.4 cm³/mol. The van der Waals surface area contributed by atoms with Gasteiger partial charge in [0, 0.05) is 12.1 Å². The van der Waals surface area contributed by atoms with Crippen LogP contribution in [0.1, 0.15) is 5.69 Å². The summed E-state index contributed by atoms with van der Waals surface area (Å²) in [6.45, 7) is 0. The zero-order chi connectivity index (χ0) is 14.8. The Morgan fingerprint density at radius 2 is 2.19 bits per heavy atom. The van der Waals surface area contributed by atoms with E-state index in [2.05, 4.69) is 10.3 Å². The lowest BCUT2D eigenvalue weighted by Gasteiger charge is -2.04. The first-order valence-corrected chi connectivity index (χ1v) is 5.85. The number of aromatic nitrogens is 3. The van der Waals surface area contributed by atoms with E-state index in [9.17, 15) is 10.1 Å². The van der Waals surface area contributed by atoms with Crippen LogP contribution in [0.15, 0.2) is 47.1 Å². The second-order valence-electron chi connectivity index (χ2n) is 4.06. The number of hydrogen-bond acceptors (Lipinski definition) is 6. The Bertz CT molecular complexity index is 845. The largest absolute Gasteiger partial charge is 0.463 e. The molecule has 21 heavy (non-hydrogen) atoms. The van der Waals surface area contributed by atoms with Crippen molar-refractivity contribution in [3.05, 3.63) is 58.5 Å². The molecule has 0 aliphatic heterocycles. The first-order chi connectivity index (χ1) is 10.2. The quantitative estimate of drug-likeness (QED) is 0.538. The summed E-state index contributed by atoms with van der Waals surface area (Å²) in [7, 11) is 0. The van der Waals surface area contributed by atoms with Gasteiger partial charge in [-0.15, -0.1) is 5.10 Å². The fourth-order valence-corrected chi connectivity index (χ4v) is 1.91. The van der Waals surface area contributed by atoms with Crippen LogP contribution < -0.4 is 0 Å². The monoisotopic (exact) mass is 281 g/mol. The van der Waals surface area contributed by atoms with E-state index in [4.69, 9.17) is 9.68 Å². The number of nitrogens with zero attached hydrogens (tertiary/aromatic N) is 5. The lowest BCUT2D eigenvalue weighted by Crippen LogP contribution is -2.00. The smallest absolute Gasteiger partial charge is 0.271 e. The van der Waals surface area contributed by atoms with Gasteiger partial charge in [0.1, 0.15) is 11.8 Å². The Morgan fingerprint density at radius 3 is 2.86 bits per heavy atom. The van der Waals surface area contributed by atoms with Gasteiger partial charge in [-0.2, -0.15) is 5.26 Å². The van der Waals surface area contributed by atoms with Crippen molar-refractivity contribution in [3.63, 3.8) is 0 Å². The highest BCUT2D eigenvalue weighted by Crippen LogP contribution is 2.26. The highest BCUT2D eigenvalue weighted by Gasteiger charge is 2.19. The molecule has 0 atom stereocenters. The third kappa shape index (κ3) is 2.12. The maximum atomic E-state index is 10.8. The Kier molecular flexibility index (Phi) is 2.93. The zero-order valence-corrected chi connectivity index (χ0v) is 10.5. The average Bonchev–Trinajstić information content (AvgIpc) is 3.15. The van der Waals surface area contributed by atoms with E-state index in [1.54, 1.807) is 18.2 Å². The maximum Gasteiger partial charge on any atom is 0.271 e. The molecule has 2 heterocycles. The van der Waals surface area contributed by atoms with Crippen molar-refractivity contribution in [3.8, 4) is 23.2 Å². The van der Waals surface area contributed by atoms with E-state index in [0.717, 1.165) is 0 Å². The molecule has 0 aliphatic carbocycles. The van der Waals surface area contributed by atoms with Crippen LogP contribution in [0.5, 0.6) is 0 Å². The molecule has 0 amide bonds. The number of rotatable bonds is 3. The molecule has 0 N–H and O–H groups in total. The van der Waals surface area contributed by atoms with Crippen molar-refractivity contribution in [2.24, 2.45) is 0 Å². The van der Waals surface area contributed by atoms with Crippen molar-refractivity contribution >= 4 is 5.69 Å². The van der Waals surface area contributed by atoms with Gasteiger partial charge in [-0.25, -0.2) is 4.68 Å². The van der Waals surface area contributed by atoms with Gasteiger partial charge in [-0.05, 0) is 18.2 Å². The standard InChI is InChI=1S/C13H7N5O3/c14-8-11-13(12-5-2-6-21-12)17(16-15-11)9-3-1-4-10(7-9)18(19)20/h1-7H. The van der Waals surface area contributed by atoms with E-state index in [-0.39, 0.29) is 11.4 Å². The second kappa shape index (κ2) is 4.90. The van der Waals surface area contributed by atoms with E-state index in [1.807, 2.05) is 6.07 Å². The fraction of sp³-hybridized carbons (Fsp3) is 0. The summed E-state index contributed by atoms with van der Waals surface area (Å²) < 4.78 is 6.61. The first kappa shape index (κ1) is 12.6. The Balaban J connectivity index is 2.20. The highest BCUT2D eigenvalue weighted by atomic mass is 16.6. The predicted octanol–water partition coefficient (Wildman–Crippen LogP) is 2.31. The van der Waals surface area contributed by atoms with Gasteiger partial charge in [0.2, 0.25) is 0 Å². The summed E-state index contributed by atoms with van der Waals surface area (Å²) in [5.41, 5.74) is 0.774. The van der Waals surface area contributed by atoms with Crippen LogP contribution in [-0.4, -0.2) is 19.9 Å². The number of benzene rings is 1. The molecule has 0 radical (unpaired) electrons. The molecule has 0 saturated heterocycles. The summed E-state index contributed by atoms with van der Waals surface area (Å²) in [4.78, 5) is 10.3. The van der Waals surface area contributed by atoms with Crippen LogP contribution in [0.2, 0.25) is 0 Å². The summed E-state index contributed by atoms with van der Waals surface area (Å²) in [6, 6.07) is 11.1. The molecule has 0 spiro atoms. The molecule has 1 aromatic carbocycles. The molecule has 8 nitrogen and oxygen atoms in total. The van der Waals surface area contributed by atoms with Crippen molar-refractivity contribution in [2.45, 2.75) is 0 Å². The molecule has 0 unspecified atom stereocenters. The van der Waals surface area contributed by atoms with Crippen molar-refractivity contribution < 1.29 is 9.34 Å². The Hall–Kier alpha value is -3.47. The lowest BCUT2D eigenvalue weighted by atomic mass is 10.2. The van der Waals surface area contributed by atoms with E-state index in [0.29, 0.717) is 17.1 Å². The first-order valence-electron chi connectivity index (χ1n) is 5.85. The van der Waals surface area contributed by atoms with Gasteiger partial charge >= 0.3 is 0 Å². The minimum absolute atomic E-state index is 0.0769. The van der Waals surface area contributed by atoms with Gasteiger partial charge in [0.05, 0.1) is 16.9 Å². The van der Waals surface area contributed by atoms with Gasteiger partial charge < -0.3 is 4.42 Å². The maximum absolute atomic E-state index is 10.8. The molecule has 8 heteroatoms. The molecule has 0 aliphatic rings. The fourth-order valence-electron chi connectivity index (χ4n) is 1.91. The molecule has 102 valence electrons. The van der Waals surface area contributed by atoms with Gasteiger partial charge in [-0.1, -0.05) is 11.3 Å². The normalized spacial score (nSPS) is 10.2. The molecule has 2 aromatic heterocycles. The Labute approximate surface area is 118 Å². The van der Waals surface area contributed by atoms with E-state index >= 15 is 0 Å². The van der Waals surface area contributed by atoms with Crippen LogP contribution in [0.4, 0.5) is 5.69 Å². The molecule has 0 saturated carbocycles. The number of nitro groups is 1. The molecular weight excluding hydrogens is 274 g/mol. The van der Waals surface area contributed by atoms with Crippen LogP contribution in [0.25, 0.3) is 17.1 Å². The summed E-state index contributed by atoms with van der Waals surface area (Å²) in [5, 5.41) is 27.6. The average molecular weight is 281 g/mol. The van der Waals surface area contributed by atoms with Gasteiger partial charge in [-0.3, -0.25) is 10.1 Å². The van der Waals surface area contributed by atoms with Crippen LogP contribution in [0, 0.1) is 21.4 Å². The van der Waals surface area contributed by atoms with Crippen LogP contribution >= 0.6 is 0 Å². The molecule has 0 fully saturated rings. The van der Waals surface area contributed by atoms with E-state index < -0.39 is 4.92 Å². The van der Waals surface area contributed by atoms with Crippen molar-refractivity contribution in [2.75, 3.05) is 0 Å². The van der Waals surface area contributed by atoms with Gasteiger partial charge in [0.15, 0.2) is 11.5 Å². The highest BCUT2D eigenvalue weighted by molar-refractivity contribution is 5.62. The summed E-state index contributed by atoms with van der Waals surface area (Å²) in [6.07, 6.45) is 1.46. The number of nitro benzene ring substituents is 1. The topological polar surface area (TPSA) is 111 Å².